The van der Waals surface area contributed by atoms with Crippen molar-refractivity contribution in [2.24, 2.45) is 23.0 Å². The zero-order valence-electron chi connectivity index (χ0n) is 16.6. The van der Waals surface area contributed by atoms with Crippen LogP contribution in [0.5, 0.6) is 0 Å². The summed E-state index contributed by atoms with van der Waals surface area (Å²) in [6.07, 6.45) is 3.72. The van der Waals surface area contributed by atoms with E-state index in [-0.39, 0.29) is 17.7 Å². The normalized spacial score (nSPS) is 31.3. The number of nitrogens with one attached hydrogen (secondary N) is 1. The molecule has 0 aromatic heterocycles. The van der Waals surface area contributed by atoms with Crippen molar-refractivity contribution in [1.82, 2.24) is 10.2 Å². The SMILES string of the molecule is Cc1cccc(C2=CCN(C(=O)C3NCC4(CC3C(=O)O)CC4C(N)=O)CC2)c1. The molecule has 1 aromatic carbocycles. The number of nitrogens with two attached hydrogens (primary N) is 1. The van der Waals surface area contributed by atoms with Crippen LogP contribution < -0.4 is 11.1 Å². The highest BCUT2D eigenvalue weighted by molar-refractivity contribution is 5.89. The number of hydrogen-bond donors (Lipinski definition) is 3. The minimum Gasteiger partial charge on any atom is -0.481 e. The zero-order valence-corrected chi connectivity index (χ0v) is 16.6. The second kappa shape index (κ2) is 7.30. The molecule has 4 N–H and O–H groups in total. The molecule has 7 nitrogen and oxygen atoms in total. The van der Waals surface area contributed by atoms with Gasteiger partial charge in [-0.2, -0.15) is 0 Å². The Bertz CT molecular complexity index is 896. The van der Waals surface area contributed by atoms with Crippen LogP contribution in [0.25, 0.3) is 5.57 Å². The number of carboxylic acids is 1. The van der Waals surface area contributed by atoms with Gasteiger partial charge in [-0.05, 0) is 42.7 Å². The van der Waals surface area contributed by atoms with Crippen molar-refractivity contribution >= 4 is 23.4 Å². The molecule has 2 amide bonds. The largest absolute Gasteiger partial charge is 0.481 e. The van der Waals surface area contributed by atoms with Gasteiger partial charge in [-0.3, -0.25) is 14.4 Å². The summed E-state index contributed by atoms with van der Waals surface area (Å²) >= 11 is 0. The van der Waals surface area contributed by atoms with E-state index in [1.54, 1.807) is 4.90 Å². The minimum atomic E-state index is -1.00. The van der Waals surface area contributed by atoms with Crippen LogP contribution in [0.15, 0.2) is 30.3 Å². The maximum absolute atomic E-state index is 13.1. The van der Waals surface area contributed by atoms with Crippen molar-refractivity contribution in [3.05, 3.63) is 41.5 Å². The summed E-state index contributed by atoms with van der Waals surface area (Å²) < 4.78 is 0. The Labute approximate surface area is 169 Å². The van der Waals surface area contributed by atoms with Crippen molar-refractivity contribution in [2.75, 3.05) is 19.6 Å². The average molecular weight is 397 g/mol. The fourth-order valence-corrected chi connectivity index (χ4v) is 4.92. The fourth-order valence-electron chi connectivity index (χ4n) is 4.92. The second-order valence-electron chi connectivity index (χ2n) is 8.66. The predicted molar refractivity (Wildman–Crippen MR) is 108 cm³/mol. The number of piperidine rings is 1. The average Bonchev–Trinajstić information content (AvgIpc) is 3.41. The molecule has 4 unspecified atom stereocenters. The Balaban J connectivity index is 1.44. The molecule has 2 fully saturated rings. The van der Waals surface area contributed by atoms with E-state index in [1.807, 2.05) is 6.07 Å². The molecule has 0 radical (unpaired) electrons. The molecule has 1 saturated carbocycles. The van der Waals surface area contributed by atoms with Crippen LogP contribution in [0.4, 0.5) is 0 Å². The third kappa shape index (κ3) is 3.67. The smallest absolute Gasteiger partial charge is 0.308 e. The first-order valence-corrected chi connectivity index (χ1v) is 10.1. The topological polar surface area (TPSA) is 113 Å². The lowest BCUT2D eigenvalue weighted by molar-refractivity contribution is -0.150. The Hall–Kier alpha value is -2.67. The number of amides is 2. The van der Waals surface area contributed by atoms with E-state index < -0.39 is 23.3 Å². The van der Waals surface area contributed by atoms with Gasteiger partial charge in [0.1, 0.15) is 6.04 Å². The van der Waals surface area contributed by atoms with Gasteiger partial charge in [-0.1, -0.05) is 35.9 Å². The molecular weight excluding hydrogens is 370 g/mol. The van der Waals surface area contributed by atoms with Gasteiger partial charge < -0.3 is 21.1 Å². The maximum atomic E-state index is 13.1. The first kappa shape index (κ1) is 19.6. The highest BCUT2D eigenvalue weighted by Crippen LogP contribution is 2.58. The number of carbonyl (C=O) groups is 3. The summed E-state index contributed by atoms with van der Waals surface area (Å²) in [5, 5.41) is 12.9. The Morgan fingerprint density at radius 3 is 2.66 bits per heavy atom. The number of primary amides is 1. The van der Waals surface area contributed by atoms with Crippen LogP contribution in [-0.4, -0.2) is 53.5 Å². The van der Waals surface area contributed by atoms with E-state index in [0.29, 0.717) is 32.5 Å². The van der Waals surface area contributed by atoms with Crippen LogP contribution in [0.1, 0.15) is 30.4 Å². The third-order valence-corrected chi connectivity index (χ3v) is 6.73. The van der Waals surface area contributed by atoms with Crippen LogP contribution in [0.2, 0.25) is 0 Å². The predicted octanol–water partition coefficient (Wildman–Crippen LogP) is 1.17. The summed E-state index contributed by atoms with van der Waals surface area (Å²) in [4.78, 5) is 38.2. The molecule has 1 aliphatic carbocycles. The molecular formula is C22H27N3O4. The van der Waals surface area contributed by atoms with Gasteiger partial charge in [-0.15, -0.1) is 0 Å². The number of aliphatic carboxylic acids is 1. The molecule has 29 heavy (non-hydrogen) atoms. The highest BCUT2D eigenvalue weighted by Gasteiger charge is 2.62. The molecule has 2 aliphatic heterocycles. The lowest BCUT2D eigenvalue weighted by atomic mass is 9.80. The van der Waals surface area contributed by atoms with Crippen molar-refractivity contribution < 1.29 is 19.5 Å². The van der Waals surface area contributed by atoms with Gasteiger partial charge in [0.2, 0.25) is 11.8 Å². The van der Waals surface area contributed by atoms with Gasteiger partial charge in [0.15, 0.2) is 0 Å². The van der Waals surface area contributed by atoms with E-state index in [1.165, 1.54) is 16.7 Å². The van der Waals surface area contributed by atoms with Gasteiger partial charge >= 0.3 is 5.97 Å². The Morgan fingerprint density at radius 2 is 2.07 bits per heavy atom. The van der Waals surface area contributed by atoms with Crippen molar-refractivity contribution in [2.45, 2.75) is 32.2 Å². The molecule has 2 heterocycles. The fraction of sp³-hybridized carbons (Fsp3) is 0.500. The maximum Gasteiger partial charge on any atom is 0.308 e. The molecule has 3 aliphatic rings. The Morgan fingerprint density at radius 1 is 1.28 bits per heavy atom. The van der Waals surface area contributed by atoms with E-state index >= 15 is 0 Å². The molecule has 1 aromatic rings. The summed E-state index contributed by atoms with van der Waals surface area (Å²) in [5.41, 5.74) is 8.59. The number of nitrogens with zero attached hydrogens (tertiary/aromatic N) is 1. The molecule has 7 heteroatoms. The number of benzene rings is 1. The summed E-state index contributed by atoms with van der Waals surface area (Å²) in [5.74, 6) is -2.70. The molecule has 4 atom stereocenters. The first-order valence-electron chi connectivity index (χ1n) is 10.1. The van der Waals surface area contributed by atoms with Gasteiger partial charge in [0.05, 0.1) is 5.92 Å². The number of carbonyl (C=O) groups excluding carboxylic acids is 2. The van der Waals surface area contributed by atoms with E-state index in [4.69, 9.17) is 5.73 Å². The zero-order chi connectivity index (χ0) is 20.8. The molecule has 1 saturated heterocycles. The highest BCUT2D eigenvalue weighted by atomic mass is 16.4. The van der Waals surface area contributed by atoms with Crippen LogP contribution in [-0.2, 0) is 14.4 Å². The van der Waals surface area contributed by atoms with Gasteiger partial charge in [0.25, 0.3) is 0 Å². The standard InChI is InChI=1S/C22H27N3O4/c1-13-3-2-4-15(9-13)14-5-7-25(8-6-14)20(27)18-16(21(28)29)10-22(12-24-18)11-17(22)19(23)26/h2-5,9,16-18,24H,6-8,10-12H2,1H3,(H2,23,26)(H,28,29). The number of aryl methyl sites for hydroxylation is 1. The number of rotatable bonds is 4. The second-order valence-corrected chi connectivity index (χ2v) is 8.66. The van der Waals surface area contributed by atoms with Crippen LogP contribution in [0.3, 0.4) is 0 Å². The van der Waals surface area contributed by atoms with E-state index in [0.717, 1.165) is 6.42 Å². The quantitative estimate of drug-likeness (QED) is 0.706. The lowest BCUT2D eigenvalue weighted by Gasteiger charge is -2.38. The molecule has 154 valence electrons. The van der Waals surface area contributed by atoms with Gasteiger partial charge in [0, 0.05) is 25.6 Å². The van der Waals surface area contributed by atoms with Crippen molar-refractivity contribution in [3.63, 3.8) is 0 Å². The molecule has 1 spiro atoms. The van der Waals surface area contributed by atoms with Crippen LogP contribution >= 0.6 is 0 Å². The number of carboxylic acid groups (broad SMARTS) is 1. The molecule has 0 bridgehead atoms. The monoisotopic (exact) mass is 397 g/mol. The summed E-state index contributed by atoms with van der Waals surface area (Å²) in [7, 11) is 0. The van der Waals surface area contributed by atoms with E-state index in [9.17, 15) is 19.5 Å². The lowest BCUT2D eigenvalue weighted by Crippen LogP contribution is -2.58. The molecule has 4 rings (SSSR count). The van der Waals surface area contributed by atoms with E-state index in [2.05, 4.69) is 36.5 Å². The first-order chi connectivity index (χ1) is 13.8. The summed E-state index contributed by atoms with van der Waals surface area (Å²) in [6, 6.07) is 7.53. The van der Waals surface area contributed by atoms with Crippen molar-refractivity contribution in [3.8, 4) is 0 Å². The Kier molecular flexibility index (Phi) is 4.94. The van der Waals surface area contributed by atoms with Gasteiger partial charge in [-0.25, -0.2) is 0 Å². The third-order valence-electron chi connectivity index (χ3n) is 6.73. The van der Waals surface area contributed by atoms with Crippen molar-refractivity contribution in [1.29, 1.82) is 0 Å². The summed E-state index contributed by atoms with van der Waals surface area (Å²) in [6.45, 7) is 3.55. The van der Waals surface area contributed by atoms with Crippen LogP contribution in [0, 0.1) is 24.2 Å². The minimum absolute atomic E-state index is 0.178. The number of hydrogen-bond acceptors (Lipinski definition) is 4.